The van der Waals surface area contributed by atoms with Crippen LogP contribution in [0.15, 0.2) is 36.4 Å². The highest BCUT2D eigenvalue weighted by Crippen LogP contribution is 2.47. The van der Waals surface area contributed by atoms with Crippen LogP contribution in [0, 0.1) is 17.8 Å². The lowest BCUT2D eigenvalue weighted by Gasteiger charge is -2.41. The maximum absolute atomic E-state index is 12.2. The first-order chi connectivity index (χ1) is 11.2. The zero-order valence-corrected chi connectivity index (χ0v) is 13.8. The Hall–Kier alpha value is -1.38. The lowest BCUT2D eigenvalue weighted by Crippen LogP contribution is -2.30. The largest absolute Gasteiger partial charge is 0.435 e. The molecular formula is C20H26F2O. The maximum Gasteiger partial charge on any atom is 0.387 e. The first-order valence-electron chi connectivity index (χ1n) is 8.83. The molecule has 4 unspecified atom stereocenters. The van der Waals surface area contributed by atoms with Crippen molar-refractivity contribution in [1.29, 1.82) is 0 Å². The number of alkyl halides is 2. The van der Waals surface area contributed by atoms with E-state index >= 15 is 0 Å². The molecule has 0 radical (unpaired) electrons. The van der Waals surface area contributed by atoms with Gasteiger partial charge in [-0.25, -0.2) is 0 Å². The molecule has 1 nitrogen and oxygen atoms in total. The first-order valence-corrected chi connectivity index (χ1v) is 8.83. The van der Waals surface area contributed by atoms with Crippen molar-refractivity contribution in [3.63, 3.8) is 0 Å². The number of allylic oxidation sites excluding steroid dienone is 2. The van der Waals surface area contributed by atoms with Gasteiger partial charge in [0.05, 0.1) is 0 Å². The lowest BCUT2D eigenvalue weighted by molar-refractivity contribution is -0.0498. The Morgan fingerprint density at radius 3 is 2.39 bits per heavy atom. The minimum atomic E-state index is -2.75. The standard InChI is InChI=1S/C20H26F2O/c1-2-3-14-4-5-18-13-17(7-6-16(18)12-14)15-8-10-19(11-9-15)23-20(21)22/h2-3,8-11,14,16-18,20H,4-7,12-13H2,1H3. The minimum Gasteiger partial charge on any atom is -0.435 e. The molecule has 0 aromatic heterocycles. The van der Waals surface area contributed by atoms with Gasteiger partial charge in [-0.3, -0.25) is 0 Å². The average molecular weight is 320 g/mol. The summed E-state index contributed by atoms with van der Waals surface area (Å²) in [6.07, 6.45) is 12.4. The molecular weight excluding hydrogens is 294 g/mol. The fourth-order valence-corrected chi connectivity index (χ4v) is 4.60. The number of rotatable bonds is 4. The van der Waals surface area contributed by atoms with Crippen LogP contribution in [0.2, 0.25) is 0 Å². The second-order valence-electron chi connectivity index (χ2n) is 7.08. The molecule has 0 amide bonds. The summed E-state index contributed by atoms with van der Waals surface area (Å²) in [5.74, 6) is 3.33. The molecule has 0 heterocycles. The van der Waals surface area contributed by atoms with Gasteiger partial charge in [-0.15, -0.1) is 0 Å². The van der Waals surface area contributed by atoms with Crippen molar-refractivity contribution in [3.05, 3.63) is 42.0 Å². The van der Waals surface area contributed by atoms with Crippen molar-refractivity contribution < 1.29 is 13.5 Å². The van der Waals surface area contributed by atoms with Crippen molar-refractivity contribution in [2.45, 2.75) is 58.0 Å². The third-order valence-electron chi connectivity index (χ3n) is 5.69. The SMILES string of the molecule is CC=CC1CCC2CC(c3ccc(OC(F)F)cc3)CCC2C1. The van der Waals surface area contributed by atoms with E-state index in [1.165, 1.54) is 44.1 Å². The van der Waals surface area contributed by atoms with E-state index < -0.39 is 6.61 Å². The Balaban J connectivity index is 1.59. The van der Waals surface area contributed by atoms with Crippen LogP contribution in [0.3, 0.4) is 0 Å². The fourth-order valence-electron chi connectivity index (χ4n) is 4.60. The highest BCUT2D eigenvalue weighted by molar-refractivity contribution is 5.30. The van der Waals surface area contributed by atoms with Gasteiger partial charge in [-0.05, 0) is 86.8 Å². The lowest BCUT2D eigenvalue weighted by atomic mass is 9.64. The summed E-state index contributed by atoms with van der Waals surface area (Å²) in [7, 11) is 0. The fraction of sp³-hybridized carbons (Fsp3) is 0.600. The van der Waals surface area contributed by atoms with Crippen molar-refractivity contribution in [1.82, 2.24) is 0 Å². The Bertz CT molecular complexity index is 523. The molecule has 3 rings (SSSR count). The Morgan fingerprint density at radius 2 is 1.70 bits per heavy atom. The number of fused-ring (bicyclic) bond motifs is 1. The highest BCUT2D eigenvalue weighted by atomic mass is 19.3. The molecule has 2 aliphatic rings. The van der Waals surface area contributed by atoms with Gasteiger partial charge < -0.3 is 4.74 Å². The van der Waals surface area contributed by atoms with Crippen LogP contribution in [0.4, 0.5) is 8.78 Å². The zero-order valence-electron chi connectivity index (χ0n) is 13.8. The van der Waals surface area contributed by atoms with E-state index in [-0.39, 0.29) is 5.75 Å². The van der Waals surface area contributed by atoms with Crippen LogP contribution in [0.5, 0.6) is 5.75 Å². The van der Waals surface area contributed by atoms with Gasteiger partial charge in [0.2, 0.25) is 0 Å². The van der Waals surface area contributed by atoms with E-state index in [1.54, 1.807) is 12.1 Å². The van der Waals surface area contributed by atoms with Crippen LogP contribution in [-0.2, 0) is 0 Å². The van der Waals surface area contributed by atoms with Crippen LogP contribution < -0.4 is 4.74 Å². The van der Waals surface area contributed by atoms with Gasteiger partial charge in [0.25, 0.3) is 0 Å². The first kappa shape index (κ1) is 16.5. The van der Waals surface area contributed by atoms with E-state index in [0.29, 0.717) is 5.92 Å². The predicted molar refractivity (Wildman–Crippen MR) is 88.8 cm³/mol. The molecule has 0 N–H and O–H groups in total. The van der Waals surface area contributed by atoms with E-state index in [1.807, 2.05) is 12.1 Å². The van der Waals surface area contributed by atoms with Crippen LogP contribution in [-0.4, -0.2) is 6.61 Å². The van der Waals surface area contributed by atoms with Crippen molar-refractivity contribution in [3.8, 4) is 5.75 Å². The van der Waals surface area contributed by atoms with Crippen molar-refractivity contribution >= 4 is 0 Å². The zero-order chi connectivity index (χ0) is 16.2. The number of hydrogen-bond acceptors (Lipinski definition) is 1. The summed E-state index contributed by atoms with van der Waals surface area (Å²) in [5.41, 5.74) is 1.28. The second kappa shape index (κ2) is 7.46. The summed E-state index contributed by atoms with van der Waals surface area (Å²) >= 11 is 0. The monoisotopic (exact) mass is 320 g/mol. The molecule has 0 spiro atoms. The minimum absolute atomic E-state index is 0.254. The van der Waals surface area contributed by atoms with Gasteiger partial charge >= 0.3 is 6.61 Å². The molecule has 3 heteroatoms. The number of benzene rings is 1. The third-order valence-corrected chi connectivity index (χ3v) is 5.69. The van der Waals surface area contributed by atoms with Crippen LogP contribution >= 0.6 is 0 Å². The summed E-state index contributed by atoms with van der Waals surface area (Å²) in [6, 6.07) is 7.29. The van der Waals surface area contributed by atoms with Crippen LogP contribution in [0.1, 0.15) is 56.9 Å². The Labute approximate surface area is 137 Å². The number of ether oxygens (including phenoxy) is 1. The van der Waals surface area contributed by atoms with Crippen molar-refractivity contribution in [2.75, 3.05) is 0 Å². The normalized spacial score (nSPS) is 31.3. The summed E-state index contributed by atoms with van der Waals surface area (Å²) in [4.78, 5) is 0. The van der Waals surface area contributed by atoms with Gasteiger partial charge in [0.15, 0.2) is 0 Å². The molecule has 1 aromatic carbocycles. The Morgan fingerprint density at radius 1 is 1.00 bits per heavy atom. The molecule has 2 saturated carbocycles. The van der Waals surface area contributed by atoms with E-state index in [2.05, 4.69) is 23.8 Å². The molecule has 23 heavy (non-hydrogen) atoms. The molecule has 0 aliphatic heterocycles. The number of halogens is 2. The summed E-state index contributed by atoms with van der Waals surface area (Å²) in [6.45, 7) is -0.631. The maximum atomic E-state index is 12.2. The average Bonchev–Trinajstić information content (AvgIpc) is 2.55. The smallest absolute Gasteiger partial charge is 0.387 e. The van der Waals surface area contributed by atoms with E-state index in [9.17, 15) is 8.78 Å². The topological polar surface area (TPSA) is 9.23 Å². The summed E-state index contributed by atoms with van der Waals surface area (Å²) in [5, 5.41) is 0. The molecule has 2 aliphatic carbocycles. The van der Waals surface area contributed by atoms with Crippen molar-refractivity contribution in [2.24, 2.45) is 17.8 Å². The van der Waals surface area contributed by atoms with Gasteiger partial charge in [0, 0.05) is 0 Å². The predicted octanol–water partition coefficient (Wildman–Crippen LogP) is 6.16. The number of hydrogen-bond donors (Lipinski definition) is 0. The molecule has 1 aromatic rings. The van der Waals surface area contributed by atoms with Gasteiger partial charge in [-0.2, -0.15) is 8.78 Å². The molecule has 0 bridgehead atoms. The molecule has 126 valence electrons. The molecule has 2 fully saturated rings. The third kappa shape index (κ3) is 4.13. The van der Waals surface area contributed by atoms with Crippen LogP contribution in [0.25, 0.3) is 0 Å². The van der Waals surface area contributed by atoms with E-state index in [4.69, 9.17) is 0 Å². The Kier molecular flexibility index (Phi) is 5.34. The summed E-state index contributed by atoms with van der Waals surface area (Å²) < 4.78 is 28.9. The van der Waals surface area contributed by atoms with E-state index in [0.717, 1.165) is 17.8 Å². The highest BCUT2D eigenvalue weighted by Gasteiger charge is 2.35. The second-order valence-corrected chi connectivity index (χ2v) is 7.08. The quantitative estimate of drug-likeness (QED) is 0.603. The van der Waals surface area contributed by atoms with Gasteiger partial charge in [0.1, 0.15) is 5.75 Å². The molecule has 4 atom stereocenters. The molecule has 0 saturated heterocycles. The van der Waals surface area contributed by atoms with Gasteiger partial charge in [-0.1, -0.05) is 24.3 Å².